The van der Waals surface area contributed by atoms with Crippen LogP contribution in [0.3, 0.4) is 0 Å². The highest BCUT2D eigenvalue weighted by Crippen LogP contribution is 2.10. The first-order valence-electron chi connectivity index (χ1n) is 4.22. The van der Waals surface area contributed by atoms with Crippen molar-refractivity contribution in [3.8, 4) is 0 Å². The molecular weight excluding hydrogens is 160 g/mol. The highest BCUT2D eigenvalue weighted by molar-refractivity contribution is 5.79. The van der Waals surface area contributed by atoms with E-state index in [4.69, 9.17) is 5.73 Å². The van der Waals surface area contributed by atoms with Crippen molar-refractivity contribution in [2.24, 2.45) is 0 Å². The minimum Gasteiger partial charge on any atom is -0.398 e. The number of rotatable bonds is 0. The number of anilines is 1. The number of nitrogen functional groups attached to an aromatic ring is 1. The molecule has 0 saturated carbocycles. The van der Waals surface area contributed by atoms with Crippen molar-refractivity contribution >= 4 is 30.0 Å². The van der Waals surface area contributed by atoms with Gasteiger partial charge in [0.1, 0.15) is 0 Å². The monoisotopic (exact) mass is 168 g/mol. The molecule has 0 saturated heterocycles. The molecule has 1 aromatic rings. The topological polar surface area (TPSA) is 38.9 Å². The van der Waals surface area contributed by atoms with Crippen LogP contribution >= 0.6 is 0 Å². The predicted molar refractivity (Wildman–Crippen MR) is 54.9 cm³/mol. The van der Waals surface area contributed by atoms with Crippen LogP contribution in [-0.2, 0) is 0 Å². The summed E-state index contributed by atoms with van der Waals surface area (Å²) >= 11 is 0. The van der Waals surface area contributed by atoms with E-state index in [0.717, 1.165) is 27.5 Å². The Hall–Kier alpha value is -1.83. The molecule has 0 amide bonds. The summed E-state index contributed by atoms with van der Waals surface area (Å²) < 4.78 is 0. The molecule has 0 fully saturated rings. The van der Waals surface area contributed by atoms with Crippen molar-refractivity contribution in [2.45, 2.75) is 0 Å². The third kappa shape index (κ3) is 0.746. The van der Waals surface area contributed by atoms with Gasteiger partial charge in [-0.3, -0.25) is 0 Å². The van der Waals surface area contributed by atoms with E-state index in [1.165, 1.54) is 0 Å². The van der Waals surface area contributed by atoms with Crippen molar-refractivity contribution < 1.29 is 0 Å². The molecule has 0 aromatic carbocycles. The van der Waals surface area contributed by atoms with Crippen LogP contribution in [0.1, 0.15) is 11.3 Å². The Morgan fingerprint density at radius 2 is 1.92 bits per heavy atom. The summed E-state index contributed by atoms with van der Waals surface area (Å²) in [6.45, 7) is 0. The first kappa shape index (κ1) is 6.66. The second-order valence-corrected chi connectivity index (χ2v) is 3.17. The lowest BCUT2D eigenvalue weighted by molar-refractivity contribution is 1.21. The fraction of sp³-hybridized carbons (Fsp3) is 0. The van der Waals surface area contributed by atoms with Gasteiger partial charge in [0.25, 0.3) is 0 Å². The summed E-state index contributed by atoms with van der Waals surface area (Å²) in [4.78, 5) is 4.48. The summed E-state index contributed by atoms with van der Waals surface area (Å²) in [7, 11) is 0. The van der Waals surface area contributed by atoms with Crippen LogP contribution in [0.4, 0.5) is 5.69 Å². The van der Waals surface area contributed by atoms with Crippen molar-refractivity contribution in [2.75, 3.05) is 5.73 Å². The van der Waals surface area contributed by atoms with Crippen LogP contribution in [-0.4, -0.2) is 4.98 Å². The van der Waals surface area contributed by atoms with E-state index < -0.39 is 0 Å². The third-order valence-electron chi connectivity index (χ3n) is 2.41. The number of allylic oxidation sites excluding steroid dienone is 2. The molecule has 0 atom stereocenters. The van der Waals surface area contributed by atoms with Crippen molar-refractivity contribution in [3.63, 3.8) is 0 Å². The predicted octanol–water partition coefficient (Wildman–Crippen LogP) is 0.278. The number of hydrogen-bond acceptors (Lipinski definition) is 2. The minimum atomic E-state index is 0.843. The van der Waals surface area contributed by atoms with E-state index in [2.05, 4.69) is 4.98 Å². The number of fused-ring (bicyclic) bond motifs is 2. The fourth-order valence-corrected chi connectivity index (χ4v) is 1.75. The third-order valence-corrected chi connectivity index (χ3v) is 2.41. The van der Waals surface area contributed by atoms with Gasteiger partial charge in [-0.15, -0.1) is 0 Å². The Bertz CT molecular complexity index is 563. The largest absolute Gasteiger partial charge is 0.398 e. The Morgan fingerprint density at radius 3 is 2.85 bits per heavy atom. The summed E-state index contributed by atoms with van der Waals surface area (Å²) in [5.41, 5.74) is 8.88. The van der Waals surface area contributed by atoms with E-state index in [-0.39, 0.29) is 0 Å². The van der Waals surface area contributed by atoms with Crippen LogP contribution < -0.4 is 16.3 Å². The summed E-state index contributed by atoms with van der Waals surface area (Å²) in [6, 6.07) is 0. The van der Waals surface area contributed by atoms with Crippen LogP contribution in [0.15, 0.2) is 12.2 Å². The lowest BCUT2D eigenvalue weighted by Gasteiger charge is -2.01. The van der Waals surface area contributed by atoms with Gasteiger partial charge < -0.3 is 5.73 Å². The molecular formula is C11H8N2. The van der Waals surface area contributed by atoms with Gasteiger partial charge in [-0.1, -0.05) is 24.3 Å². The van der Waals surface area contributed by atoms with Crippen LogP contribution in [0, 0.1) is 0 Å². The highest BCUT2D eigenvalue weighted by Gasteiger charge is 2.09. The van der Waals surface area contributed by atoms with Gasteiger partial charge in [0.05, 0.1) is 16.7 Å². The molecule has 0 aliphatic heterocycles. The molecule has 2 nitrogen and oxygen atoms in total. The Kier molecular flexibility index (Phi) is 1.08. The second-order valence-electron chi connectivity index (χ2n) is 3.17. The van der Waals surface area contributed by atoms with Gasteiger partial charge in [-0.25, -0.2) is 4.98 Å². The standard InChI is InChI=1S/C11H8N2/c12-11-7-3-1-5-9(7)13-10-6-2-4-8(10)11/h1-6H,12H2. The zero-order valence-electron chi connectivity index (χ0n) is 6.99. The van der Waals surface area contributed by atoms with Crippen molar-refractivity contribution in [3.05, 3.63) is 34.0 Å². The normalized spacial score (nSPS) is 15.1. The van der Waals surface area contributed by atoms with Gasteiger partial charge in [0.2, 0.25) is 0 Å². The van der Waals surface area contributed by atoms with Gasteiger partial charge in [-0.2, -0.15) is 0 Å². The fourth-order valence-electron chi connectivity index (χ4n) is 1.75. The van der Waals surface area contributed by atoms with Crippen LogP contribution in [0.5, 0.6) is 0 Å². The van der Waals surface area contributed by atoms with Crippen molar-refractivity contribution in [1.82, 2.24) is 4.98 Å². The zero-order chi connectivity index (χ0) is 8.84. The molecule has 0 spiro atoms. The van der Waals surface area contributed by atoms with Crippen LogP contribution in [0.2, 0.25) is 0 Å². The van der Waals surface area contributed by atoms with E-state index in [0.29, 0.717) is 0 Å². The molecule has 1 aromatic heterocycles. The maximum absolute atomic E-state index is 6.00. The molecule has 2 heteroatoms. The van der Waals surface area contributed by atoms with Gasteiger partial charge >= 0.3 is 0 Å². The average molecular weight is 168 g/mol. The van der Waals surface area contributed by atoms with Gasteiger partial charge in [0.15, 0.2) is 0 Å². The number of aromatic nitrogens is 1. The molecule has 0 unspecified atom stereocenters. The number of nitrogens with zero attached hydrogens (tertiary/aromatic N) is 1. The maximum atomic E-state index is 6.00. The van der Waals surface area contributed by atoms with E-state index in [9.17, 15) is 0 Å². The summed E-state index contributed by atoms with van der Waals surface area (Å²) in [5.74, 6) is 0. The van der Waals surface area contributed by atoms with Gasteiger partial charge in [0, 0.05) is 10.8 Å². The quantitative estimate of drug-likeness (QED) is 0.604. The van der Waals surface area contributed by atoms with Crippen LogP contribution in [0.25, 0.3) is 24.3 Å². The second kappa shape index (κ2) is 2.10. The maximum Gasteiger partial charge on any atom is 0.0730 e. The van der Waals surface area contributed by atoms with E-state index >= 15 is 0 Å². The molecule has 0 bridgehead atoms. The number of nitrogens with two attached hydrogens (primary N) is 1. The van der Waals surface area contributed by atoms with E-state index in [1.807, 2.05) is 36.5 Å². The number of hydrogen-bond donors (Lipinski definition) is 1. The first-order valence-corrected chi connectivity index (χ1v) is 4.22. The smallest absolute Gasteiger partial charge is 0.0730 e. The molecule has 0 radical (unpaired) electrons. The average Bonchev–Trinajstić information content (AvgIpc) is 2.71. The Morgan fingerprint density at radius 1 is 1.08 bits per heavy atom. The lowest BCUT2D eigenvalue weighted by Crippen LogP contribution is -2.23. The minimum absolute atomic E-state index is 0.843. The summed E-state index contributed by atoms with van der Waals surface area (Å²) in [5, 5.41) is 2.04. The number of pyridine rings is 1. The molecule has 1 heterocycles. The van der Waals surface area contributed by atoms with E-state index in [1.54, 1.807) is 0 Å². The van der Waals surface area contributed by atoms with Gasteiger partial charge in [-0.05, 0) is 12.2 Å². The Labute approximate surface area is 75.4 Å². The molecule has 3 rings (SSSR count). The SMILES string of the molecule is Nc1c2c(nc3c1=CC=C3)=CC=C2. The zero-order valence-corrected chi connectivity index (χ0v) is 6.99. The highest BCUT2D eigenvalue weighted by atomic mass is 14.7. The molecule has 2 aliphatic rings. The molecule has 2 aliphatic carbocycles. The molecule has 13 heavy (non-hydrogen) atoms. The molecule has 62 valence electrons. The first-order chi connectivity index (χ1) is 6.36. The molecule has 2 N–H and O–H groups in total. The lowest BCUT2D eigenvalue weighted by atomic mass is 10.2. The summed E-state index contributed by atoms with van der Waals surface area (Å²) in [6.07, 6.45) is 11.9. The Balaban J connectivity index is 2.56. The van der Waals surface area contributed by atoms with Crippen molar-refractivity contribution in [1.29, 1.82) is 0 Å².